The number of amides is 1. The third-order valence-electron chi connectivity index (χ3n) is 5.34. The summed E-state index contributed by atoms with van der Waals surface area (Å²) in [4.78, 5) is 15.0. The predicted molar refractivity (Wildman–Crippen MR) is 94.1 cm³/mol. The van der Waals surface area contributed by atoms with Gasteiger partial charge in [-0.3, -0.25) is 4.79 Å². The Bertz CT molecular complexity index is 693. The highest BCUT2D eigenvalue weighted by molar-refractivity contribution is 9.10. The van der Waals surface area contributed by atoms with Gasteiger partial charge >= 0.3 is 0 Å². The first-order valence-electron chi connectivity index (χ1n) is 8.08. The van der Waals surface area contributed by atoms with Gasteiger partial charge in [0.25, 0.3) is 0 Å². The Morgan fingerprint density at radius 3 is 2.35 bits per heavy atom. The largest absolute Gasteiger partial charge is 0.341 e. The van der Waals surface area contributed by atoms with Crippen LogP contribution in [0.1, 0.15) is 37.7 Å². The van der Waals surface area contributed by atoms with Crippen LogP contribution in [0.5, 0.6) is 0 Å². The van der Waals surface area contributed by atoms with Gasteiger partial charge in [-0.1, -0.05) is 40.9 Å². The standard InChI is InChI=1S/C17H22BrNO3S/c1-19(15-8-11-23(21,22)12-15)16(20)17(9-2-3-10-17)13-4-6-14(18)7-5-13/h4-7,15H,2-3,8-12H2,1H3/t15-/m0/s1. The monoisotopic (exact) mass is 399 g/mol. The molecule has 3 rings (SSSR count). The SMILES string of the molecule is CN(C(=O)C1(c2ccc(Br)cc2)CCCC1)[C@H]1CCS(=O)(=O)C1. The Balaban J connectivity index is 1.89. The molecule has 0 N–H and O–H groups in total. The molecular weight excluding hydrogens is 378 g/mol. The summed E-state index contributed by atoms with van der Waals surface area (Å²) < 4.78 is 24.5. The Morgan fingerprint density at radius 2 is 1.83 bits per heavy atom. The van der Waals surface area contributed by atoms with Gasteiger partial charge in [0, 0.05) is 17.6 Å². The molecule has 1 saturated carbocycles. The van der Waals surface area contributed by atoms with E-state index in [1.54, 1.807) is 11.9 Å². The number of hydrogen-bond acceptors (Lipinski definition) is 3. The van der Waals surface area contributed by atoms with Crippen LogP contribution < -0.4 is 0 Å². The van der Waals surface area contributed by atoms with Crippen LogP contribution in [-0.2, 0) is 20.0 Å². The molecule has 1 aromatic carbocycles. The van der Waals surface area contributed by atoms with Crippen LogP contribution in [0.15, 0.2) is 28.7 Å². The Kier molecular flexibility index (Phi) is 4.58. The predicted octanol–water partition coefficient (Wildman–Crippen LogP) is 2.91. The zero-order valence-corrected chi connectivity index (χ0v) is 15.7. The molecule has 1 aliphatic heterocycles. The van der Waals surface area contributed by atoms with Gasteiger partial charge in [0.15, 0.2) is 9.84 Å². The minimum atomic E-state index is -2.99. The summed E-state index contributed by atoms with van der Waals surface area (Å²) in [5.74, 6) is 0.381. The average molecular weight is 400 g/mol. The van der Waals surface area contributed by atoms with Crippen molar-refractivity contribution in [1.82, 2.24) is 4.90 Å². The van der Waals surface area contributed by atoms with E-state index in [0.29, 0.717) is 6.42 Å². The van der Waals surface area contributed by atoms with Gasteiger partial charge in [-0.25, -0.2) is 8.42 Å². The van der Waals surface area contributed by atoms with Gasteiger partial charge < -0.3 is 4.90 Å². The molecule has 6 heteroatoms. The summed E-state index contributed by atoms with van der Waals surface area (Å²) in [7, 11) is -1.22. The number of carbonyl (C=O) groups excluding carboxylic acids is 1. The molecule has 23 heavy (non-hydrogen) atoms. The van der Waals surface area contributed by atoms with Crippen molar-refractivity contribution < 1.29 is 13.2 Å². The molecule has 126 valence electrons. The first-order chi connectivity index (χ1) is 10.8. The lowest BCUT2D eigenvalue weighted by atomic mass is 9.77. The minimum absolute atomic E-state index is 0.0828. The van der Waals surface area contributed by atoms with Gasteiger partial charge in [0.05, 0.1) is 16.9 Å². The fraction of sp³-hybridized carbons (Fsp3) is 0.588. The maximum Gasteiger partial charge on any atom is 0.233 e. The molecule has 4 nitrogen and oxygen atoms in total. The maximum atomic E-state index is 13.3. The second-order valence-corrected chi connectivity index (χ2v) is 9.91. The molecule has 0 bridgehead atoms. The summed E-state index contributed by atoms with van der Waals surface area (Å²) in [6, 6.07) is 7.81. The number of halogens is 1. The van der Waals surface area contributed by atoms with Crippen LogP contribution in [0, 0.1) is 0 Å². The quantitative estimate of drug-likeness (QED) is 0.784. The van der Waals surface area contributed by atoms with E-state index in [9.17, 15) is 13.2 Å². The maximum absolute atomic E-state index is 13.3. The Hall–Kier alpha value is -0.880. The van der Waals surface area contributed by atoms with Gasteiger partial charge in [-0.2, -0.15) is 0 Å². The fourth-order valence-corrected chi connectivity index (χ4v) is 6.00. The number of carbonyl (C=O) groups is 1. The van der Waals surface area contributed by atoms with Crippen molar-refractivity contribution in [2.24, 2.45) is 0 Å². The molecule has 2 fully saturated rings. The van der Waals surface area contributed by atoms with E-state index in [1.165, 1.54) is 0 Å². The third kappa shape index (κ3) is 3.20. The van der Waals surface area contributed by atoms with Crippen molar-refractivity contribution in [2.75, 3.05) is 18.6 Å². The van der Waals surface area contributed by atoms with Crippen molar-refractivity contribution in [3.8, 4) is 0 Å². The highest BCUT2D eigenvalue weighted by Gasteiger charge is 2.46. The number of nitrogens with zero attached hydrogens (tertiary/aromatic N) is 1. The van der Waals surface area contributed by atoms with Gasteiger partial charge in [0.1, 0.15) is 0 Å². The first kappa shape index (κ1) is 17.0. The van der Waals surface area contributed by atoms with E-state index in [1.807, 2.05) is 24.3 Å². The summed E-state index contributed by atoms with van der Waals surface area (Å²) in [6.45, 7) is 0. The van der Waals surface area contributed by atoms with Crippen molar-refractivity contribution >= 4 is 31.7 Å². The van der Waals surface area contributed by atoms with E-state index < -0.39 is 15.3 Å². The zero-order chi connectivity index (χ0) is 16.7. The van der Waals surface area contributed by atoms with Crippen molar-refractivity contribution in [3.63, 3.8) is 0 Å². The van der Waals surface area contributed by atoms with E-state index in [2.05, 4.69) is 15.9 Å². The molecule has 1 aromatic rings. The molecule has 0 radical (unpaired) electrons. The fourth-order valence-electron chi connectivity index (χ4n) is 3.96. The molecule has 1 aliphatic carbocycles. The molecule has 0 aromatic heterocycles. The number of benzene rings is 1. The van der Waals surface area contributed by atoms with Crippen LogP contribution in [0.2, 0.25) is 0 Å². The van der Waals surface area contributed by atoms with Crippen LogP contribution >= 0.6 is 15.9 Å². The summed E-state index contributed by atoms with van der Waals surface area (Å²) in [6.07, 6.45) is 4.33. The Labute approximate surface area is 146 Å². The molecule has 1 atom stereocenters. The first-order valence-corrected chi connectivity index (χ1v) is 10.7. The van der Waals surface area contributed by atoms with Crippen LogP contribution in [0.4, 0.5) is 0 Å². The number of rotatable bonds is 3. The molecule has 0 spiro atoms. The van der Waals surface area contributed by atoms with Crippen molar-refractivity contribution in [1.29, 1.82) is 0 Å². The minimum Gasteiger partial charge on any atom is -0.341 e. The van der Waals surface area contributed by atoms with Crippen LogP contribution in [0.3, 0.4) is 0 Å². The molecule has 2 aliphatic rings. The lowest BCUT2D eigenvalue weighted by Gasteiger charge is -2.35. The van der Waals surface area contributed by atoms with Gasteiger partial charge in [0.2, 0.25) is 5.91 Å². The van der Waals surface area contributed by atoms with Crippen molar-refractivity contribution in [3.05, 3.63) is 34.3 Å². The number of sulfone groups is 1. The third-order valence-corrected chi connectivity index (χ3v) is 7.62. The molecule has 1 amide bonds. The van der Waals surface area contributed by atoms with Crippen LogP contribution in [-0.4, -0.2) is 43.8 Å². The average Bonchev–Trinajstić information content (AvgIpc) is 3.14. The topological polar surface area (TPSA) is 54.5 Å². The lowest BCUT2D eigenvalue weighted by molar-refractivity contribution is -0.137. The zero-order valence-electron chi connectivity index (χ0n) is 13.3. The second kappa shape index (κ2) is 6.20. The number of likely N-dealkylation sites (N-methyl/N-ethyl adjacent to an activating group) is 1. The smallest absolute Gasteiger partial charge is 0.233 e. The van der Waals surface area contributed by atoms with Gasteiger partial charge in [-0.15, -0.1) is 0 Å². The molecule has 0 unspecified atom stereocenters. The van der Waals surface area contributed by atoms with Crippen molar-refractivity contribution in [2.45, 2.75) is 43.6 Å². The molecule has 1 saturated heterocycles. The highest BCUT2D eigenvalue weighted by atomic mass is 79.9. The normalized spacial score (nSPS) is 25.4. The summed E-state index contributed by atoms with van der Waals surface area (Å²) in [5.41, 5.74) is 0.567. The van der Waals surface area contributed by atoms with E-state index in [0.717, 1.165) is 35.7 Å². The Morgan fingerprint density at radius 1 is 1.22 bits per heavy atom. The second-order valence-electron chi connectivity index (χ2n) is 6.77. The number of hydrogen-bond donors (Lipinski definition) is 0. The lowest BCUT2D eigenvalue weighted by Crippen LogP contribution is -2.48. The van der Waals surface area contributed by atoms with Crippen LogP contribution in [0.25, 0.3) is 0 Å². The van der Waals surface area contributed by atoms with Gasteiger partial charge in [-0.05, 0) is 37.0 Å². The summed E-state index contributed by atoms with van der Waals surface area (Å²) in [5, 5.41) is 0. The molecule has 1 heterocycles. The highest BCUT2D eigenvalue weighted by Crippen LogP contribution is 2.43. The van der Waals surface area contributed by atoms with E-state index >= 15 is 0 Å². The van der Waals surface area contributed by atoms with E-state index in [-0.39, 0.29) is 23.5 Å². The summed E-state index contributed by atoms with van der Waals surface area (Å²) >= 11 is 3.44. The molecular formula is C17H22BrNO3S. The van der Waals surface area contributed by atoms with E-state index in [4.69, 9.17) is 0 Å².